The molecule has 1 aromatic carbocycles. The highest BCUT2D eigenvalue weighted by Gasteiger charge is 2.27. The topological polar surface area (TPSA) is 116 Å². The number of fused-ring (bicyclic) bond motifs is 1. The fourth-order valence-electron chi connectivity index (χ4n) is 3.92. The summed E-state index contributed by atoms with van der Waals surface area (Å²) in [5, 5.41) is 24.9. The number of carbonyl (C=O) groups is 2. The minimum atomic E-state index is -0.683. The number of likely N-dealkylation sites (tertiary alicyclic amines) is 1. The number of rotatable bonds is 8. The lowest BCUT2D eigenvalue weighted by molar-refractivity contribution is -0.691. The van der Waals surface area contributed by atoms with Crippen molar-refractivity contribution in [2.45, 2.75) is 51.7 Å². The van der Waals surface area contributed by atoms with Gasteiger partial charge >= 0.3 is 12.0 Å². The van der Waals surface area contributed by atoms with Crippen LogP contribution >= 0.6 is 0 Å². The molecule has 3 N–H and O–H groups in total. The molecule has 0 aliphatic carbocycles. The summed E-state index contributed by atoms with van der Waals surface area (Å²) in [7, 11) is 0. The largest absolute Gasteiger partial charge is 0.621 e. The van der Waals surface area contributed by atoms with Crippen LogP contribution in [-0.2, 0) is 16.0 Å². The van der Waals surface area contributed by atoms with Crippen LogP contribution in [0.2, 0.25) is 0 Å². The van der Waals surface area contributed by atoms with E-state index in [0.29, 0.717) is 36.9 Å². The predicted molar refractivity (Wildman–Crippen MR) is 114 cm³/mol. The zero-order valence-corrected chi connectivity index (χ0v) is 18.3. The van der Waals surface area contributed by atoms with Crippen molar-refractivity contribution in [2.75, 3.05) is 32.8 Å². The van der Waals surface area contributed by atoms with E-state index in [1.165, 1.54) is 0 Å². The molecule has 2 unspecified atom stereocenters. The average molecular weight is 436 g/mol. The Labute approximate surface area is 182 Å². The minimum Gasteiger partial charge on any atom is -0.621 e. The van der Waals surface area contributed by atoms with Gasteiger partial charge in [0.15, 0.2) is 0 Å². The van der Waals surface area contributed by atoms with Gasteiger partial charge in [0.1, 0.15) is 24.1 Å². The van der Waals surface area contributed by atoms with E-state index in [2.05, 4.69) is 10.2 Å². The molecule has 2 heterocycles. The molecule has 2 atom stereocenters. The van der Waals surface area contributed by atoms with Gasteiger partial charge in [-0.05, 0) is 31.2 Å². The standard InChI is InChI=1S/C22H33N3O6/c1-15(2)13-31-22(28)23-16-8-10-24(11-9-16)12-17(26)14-30-20-5-3-4-19-18(20)6-7-21(27)25(19)29/h3-5,15-17,25-26H,6-14H2,1-2H3,(H,23,28). The van der Waals surface area contributed by atoms with Crippen LogP contribution in [0.4, 0.5) is 10.5 Å². The molecule has 0 radical (unpaired) electrons. The number of hydroxylamine groups is 1. The Morgan fingerprint density at radius 2 is 2.03 bits per heavy atom. The van der Waals surface area contributed by atoms with E-state index in [-0.39, 0.29) is 31.1 Å². The number of ether oxygens (including phenoxy) is 2. The molecule has 172 valence electrons. The van der Waals surface area contributed by atoms with Gasteiger partial charge in [-0.25, -0.2) is 9.59 Å². The van der Waals surface area contributed by atoms with Crippen LogP contribution in [0.25, 0.3) is 0 Å². The third kappa shape index (κ3) is 6.64. The first-order valence-electron chi connectivity index (χ1n) is 11.0. The van der Waals surface area contributed by atoms with Crippen LogP contribution in [0.1, 0.15) is 38.7 Å². The van der Waals surface area contributed by atoms with E-state index in [9.17, 15) is 19.9 Å². The Balaban J connectivity index is 1.40. The molecule has 2 amide bonds. The number of piperidine rings is 1. The molecule has 1 saturated heterocycles. The summed E-state index contributed by atoms with van der Waals surface area (Å²) in [6.45, 7) is 6.51. The summed E-state index contributed by atoms with van der Waals surface area (Å²) in [5.74, 6) is 0.497. The molecular formula is C22H33N3O6. The smallest absolute Gasteiger partial charge is 0.407 e. The number of nitrogens with zero attached hydrogens (tertiary/aromatic N) is 1. The summed E-state index contributed by atoms with van der Waals surface area (Å²) >= 11 is 0. The van der Waals surface area contributed by atoms with Crippen molar-refractivity contribution in [3.8, 4) is 5.75 Å². The average Bonchev–Trinajstić information content (AvgIpc) is 2.75. The molecule has 9 nitrogen and oxygen atoms in total. The lowest BCUT2D eigenvalue weighted by atomic mass is 10.0. The fourth-order valence-corrected chi connectivity index (χ4v) is 3.92. The molecule has 3 rings (SSSR count). The highest BCUT2D eigenvalue weighted by molar-refractivity contribution is 5.74. The lowest BCUT2D eigenvalue weighted by Crippen LogP contribution is -3.06. The zero-order chi connectivity index (χ0) is 22.4. The van der Waals surface area contributed by atoms with Gasteiger partial charge in [0.05, 0.1) is 18.6 Å². The number of β-amino-alcohol motifs (C(OH)–C–C–N with tert-alkyl or cyclic N) is 1. The molecule has 1 fully saturated rings. The summed E-state index contributed by atoms with van der Waals surface area (Å²) < 4.78 is 11.0. The van der Waals surface area contributed by atoms with Crippen molar-refractivity contribution in [1.82, 2.24) is 10.2 Å². The second-order valence-corrected chi connectivity index (χ2v) is 8.71. The second kappa shape index (κ2) is 10.9. The van der Waals surface area contributed by atoms with E-state index < -0.39 is 11.2 Å². The molecule has 31 heavy (non-hydrogen) atoms. The number of alkyl carbamates (subject to hydrolysis) is 1. The highest BCUT2D eigenvalue weighted by atomic mass is 16.5. The van der Waals surface area contributed by atoms with Crippen LogP contribution in [0.5, 0.6) is 5.75 Å². The molecule has 0 saturated carbocycles. The molecule has 2 aliphatic heterocycles. The van der Waals surface area contributed by atoms with Gasteiger partial charge in [0.25, 0.3) is 0 Å². The Morgan fingerprint density at radius 3 is 2.74 bits per heavy atom. The van der Waals surface area contributed by atoms with Gasteiger partial charge in [-0.15, -0.1) is 0 Å². The maximum atomic E-state index is 12.0. The summed E-state index contributed by atoms with van der Waals surface area (Å²) in [5.41, 5.74) is 1.15. The van der Waals surface area contributed by atoms with Crippen molar-refractivity contribution in [2.24, 2.45) is 5.92 Å². The first-order chi connectivity index (χ1) is 14.8. The van der Waals surface area contributed by atoms with E-state index >= 15 is 0 Å². The summed E-state index contributed by atoms with van der Waals surface area (Å²) in [6.07, 6.45) is 1.22. The number of carbonyl (C=O) groups excluding carboxylic acids is 2. The SMILES string of the molecule is CC(C)COC(=O)NC1CCN(CC(O)COc2cccc3c2CCC(=O)[NH+]3[O-])CC1. The Morgan fingerprint density at radius 1 is 1.29 bits per heavy atom. The number of amides is 2. The van der Waals surface area contributed by atoms with E-state index in [1.54, 1.807) is 18.2 Å². The maximum absolute atomic E-state index is 12.0. The molecule has 0 aromatic heterocycles. The summed E-state index contributed by atoms with van der Waals surface area (Å²) in [4.78, 5) is 25.6. The number of aliphatic hydroxyl groups excluding tert-OH is 1. The third-order valence-electron chi connectivity index (χ3n) is 5.59. The molecule has 0 bridgehead atoms. The quantitative estimate of drug-likeness (QED) is 0.516. The molecular weight excluding hydrogens is 402 g/mol. The monoisotopic (exact) mass is 435 g/mol. The van der Waals surface area contributed by atoms with Crippen molar-refractivity contribution in [3.05, 3.63) is 29.0 Å². The number of quaternary nitrogens is 1. The Bertz CT molecular complexity index is 764. The van der Waals surface area contributed by atoms with Gasteiger partial charge in [0.2, 0.25) is 0 Å². The normalized spacial score (nSPS) is 20.9. The Hall–Kier alpha value is -2.20. The molecule has 2 aliphatic rings. The number of nitrogens with one attached hydrogen (secondary N) is 2. The van der Waals surface area contributed by atoms with E-state index in [4.69, 9.17) is 9.47 Å². The lowest BCUT2D eigenvalue weighted by Gasteiger charge is -2.33. The van der Waals surface area contributed by atoms with Gasteiger partial charge in [-0.2, -0.15) is 0 Å². The molecule has 1 aromatic rings. The molecule has 0 spiro atoms. The first-order valence-corrected chi connectivity index (χ1v) is 11.0. The first kappa shape index (κ1) is 23.5. The highest BCUT2D eigenvalue weighted by Crippen LogP contribution is 2.28. The molecule has 9 heteroatoms. The number of benzene rings is 1. The van der Waals surface area contributed by atoms with Crippen LogP contribution in [-0.4, -0.2) is 67.0 Å². The number of aliphatic hydroxyl groups is 1. The maximum Gasteiger partial charge on any atom is 0.407 e. The predicted octanol–water partition coefficient (Wildman–Crippen LogP) is 0.760. The van der Waals surface area contributed by atoms with Crippen molar-refractivity contribution < 1.29 is 29.2 Å². The van der Waals surface area contributed by atoms with Crippen LogP contribution < -0.4 is 15.1 Å². The number of hydrogen-bond acceptors (Lipinski definition) is 7. The van der Waals surface area contributed by atoms with Crippen LogP contribution in [0.15, 0.2) is 18.2 Å². The van der Waals surface area contributed by atoms with Crippen LogP contribution in [0.3, 0.4) is 0 Å². The minimum absolute atomic E-state index is 0.0837. The van der Waals surface area contributed by atoms with Gasteiger partial charge in [-0.1, -0.05) is 19.9 Å². The van der Waals surface area contributed by atoms with Crippen molar-refractivity contribution in [3.63, 3.8) is 0 Å². The van der Waals surface area contributed by atoms with Gasteiger partial charge in [0, 0.05) is 31.7 Å². The number of hydrogen-bond donors (Lipinski definition) is 3. The second-order valence-electron chi connectivity index (χ2n) is 8.71. The Kier molecular flexibility index (Phi) is 8.25. The van der Waals surface area contributed by atoms with E-state index in [1.807, 2.05) is 13.8 Å². The fraction of sp³-hybridized carbons (Fsp3) is 0.636. The van der Waals surface area contributed by atoms with Crippen molar-refractivity contribution >= 4 is 17.7 Å². The van der Waals surface area contributed by atoms with Gasteiger partial charge in [-0.3, -0.25) is 5.06 Å². The third-order valence-corrected chi connectivity index (χ3v) is 5.59. The van der Waals surface area contributed by atoms with Gasteiger partial charge < -0.3 is 30.0 Å². The van der Waals surface area contributed by atoms with Crippen molar-refractivity contribution in [1.29, 1.82) is 0 Å². The van der Waals surface area contributed by atoms with E-state index in [0.717, 1.165) is 31.5 Å². The zero-order valence-electron chi connectivity index (χ0n) is 18.3. The van der Waals surface area contributed by atoms with Crippen LogP contribution in [0, 0.1) is 11.1 Å². The summed E-state index contributed by atoms with van der Waals surface area (Å²) in [6, 6.07) is 5.19.